The van der Waals surface area contributed by atoms with E-state index in [0.717, 1.165) is 44.0 Å². The van der Waals surface area contributed by atoms with Crippen molar-refractivity contribution in [3.8, 4) is 5.75 Å². The third-order valence-electron chi connectivity index (χ3n) is 6.85. The number of hydrogen-bond donors (Lipinski definition) is 2. The highest BCUT2D eigenvalue weighted by Gasteiger charge is 2.18. The molecule has 1 aliphatic rings. The van der Waals surface area contributed by atoms with Gasteiger partial charge >= 0.3 is 0 Å². The Morgan fingerprint density at radius 2 is 1.68 bits per heavy atom. The predicted octanol–water partition coefficient (Wildman–Crippen LogP) is 4.32. The summed E-state index contributed by atoms with van der Waals surface area (Å²) < 4.78 is 18.7. The van der Waals surface area contributed by atoms with Gasteiger partial charge in [0.15, 0.2) is 0 Å². The molecular formula is C30H31FN4O3. The summed E-state index contributed by atoms with van der Waals surface area (Å²) in [5, 5.41) is 3.28. The molecule has 1 fully saturated rings. The van der Waals surface area contributed by atoms with Crippen molar-refractivity contribution in [2.45, 2.75) is 20.0 Å². The molecule has 0 bridgehead atoms. The normalized spacial score (nSPS) is 14.0. The van der Waals surface area contributed by atoms with Crippen LogP contribution >= 0.6 is 0 Å². The van der Waals surface area contributed by atoms with Gasteiger partial charge < -0.3 is 19.9 Å². The number of aromatic amines is 1. The highest BCUT2D eigenvalue weighted by molar-refractivity contribution is 5.97. The van der Waals surface area contributed by atoms with Crippen molar-refractivity contribution < 1.29 is 13.9 Å². The molecule has 1 saturated heterocycles. The second kappa shape index (κ2) is 11.5. The number of anilines is 1. The highest BCUT2D eigenvalue weighted by atomic mass is 19.1. The highest BCUT2D eigenvalue weighted by Crippen LogP contribution is 2.19. The van der Waals surface area contributed by atoms with Crippen molar-refractivity contribution in [3.05, 3.63) is 106 Å². The van der Waals surface area contributed by atoms with Gasteiger partial charge in [0.2, 0.25) is 5.43 Å². The van der Waals surface area contributed by atoms with E-state index < -0.39 is 5.91 Å². The van der Waals surface area contributed by atoms with Crippen molar-refractivity contribution in [2.75, 3.05) is 37.7 Å². The van der Waals surface area contributed by atoms with Gasteiger partial charge in [0, 0.05) is 62.1 Å². The van der Waals surface area contributed by atoms with Gasteiger partial charge in [-0.25, -0.2) is 4.39 Å². The number of H-pyrrole nitrogens is 1. The van der Waals surface area contributed by atoms with Crippen LogP contribution in [-0.4, -0.2) is 48.6 Å². The number of rotatable bonds is 8. The molecule has 196 valence electrons. The number of carbonyl (C=O) groups excluding carboxylic acids is 1. The first-order chi connectivity index (χ1) is 18.5. The average molecular weight is 515 g/mol. The molecule has 1 aliphatic heterocycles. The van der Waals surface area contributed by atoms with Gasteiger partial charge in [-0.3, -0.25) is 14.5 Å². The van der Waals surface area contributed by atoms with Gasteiger partial charge in [-0.2, -0.15) is 0 Å². The Labute approximate surface area is 220 Å². The van der Waals surface area contributed by atoms with E-state index in [1.807, 2.05) is 31.2 Å². The first-order valence-corrected chi connectivity index (χ1v) is 12.9. The molecule has 2 heterocycles. The Bertz CT molecular complexity index is 1460. The number of pyridine rings is 1. The Hall–Kier alpha value is -4.17. The maximum Gasteiger partial charge on any atom is 0.257 e. The van der Waals surface area contributed by atoms with Gasteiger partial charge in [0.1, 0.15) is 17.1 Å². The molecular weight excluding hydrogens is 483 g/mol. The Kier molecular flexibility index (Phi) is 7.70. The number of benzene rings is 3. The SMILES string of the molecule is CCOc1ccc2[nH]cc(C(=O)NCc3ccc(CN4CCN(c5ccc(F)cc5)CC4)cc3)c(=O)c2c1. The molecule has 0 radical (unpaired) electrons. The number of aromatic nitrogens is 1. The van der Waals surface area contributed by atoms with Crippen molar-refractivity contribution >= 4 is 22.5 Å². The topological polar surface area (TPSA) is 77.7 Å². The molecule has 0 spiro atoms. The quantitative estimate of drug-likeness (QED) is 0.366. The van der Waals surface area contributed by atoms with Crippen LogP contribution in [0.25, 0.3) is 10.9 Å². The molecule has 1 amide bonds. The minimum atomic E-state index is -0.418. The smallest absolute Gasteiger partial charge is 0.257 e. The number of amides is 1. The average Bonchev–Trinajstić information content (AvgIpc) is 2.94. The van der Waals surface area contributed by atoms with Gasteiger partial charge in [0.25, 0.3) is 5.91 Å². The van der Waals surface area contributed by atoms with E-state index in [-0.39, 0.29) is 16.8 Å². The molecule has 5 rings (SSSR count). The van der Waals surface area contributed by atoms with Crippen molar-refractivity contribution in [1.29, 1.82) is 0 Å². The summed E-state index contributed by atoms with van der Waals surface area (Å²) in [6, 6.07) is 20.1. The molecule has 0 unspecified atom stereocenters. The minimum absolute atomic E-state index is 0.0718. The van der Waals surface area contributed by atoms with E-state index in [2.05, 4.69) is 32.2 Å². The minimum Gasteiger partial charge on any atom is -0.494 e. The van der Waals surface area contributed by atoms with Crippen LogP contribution < -0.4 is 20.4 Å². The van der Waals surface area contributed by atoms with Crippen LogP contribution in [0.1, 0.15) is 28.4 Å². The summed E-state index contributed by atoms with van der Waals surface area (Å²) >= 11 is 0. The number of fused-ring (bicyclic) bond motifs is 1. The Balaban J connectivity index is 1.14. The van der Waals surface area contributed by atoms with E-state index >= 15 is 0 Å². The van der Waals surface area contributed by atoms with Crippen LogP contribution in [0.3, 0.4) is 0 Å². The van der Waals surface area contributed by atoms with Crippen LogP contribution in [0, 0.1) is 5.82 Å². The van der Waals surface area contributed by atoms with Crippen LogP contribution in [0.2, 0.25) is 0 Å². The van der Waals surface area contributed by atoms with Crippen LogP contribution in [0.15, 0.2) is 77.7 Å². The van der Waals surface area contributed by atoms with Crippen molar-refractivity contribution in [1.82, 2.24) is 15.2 Å². The molecule has 38 heavy (non-hydrogen) atoms. The lowest BCUT2D eigenvalue weighted by Crippen LogP contribution is -2.45. The Morgan fingerprint density at radius 1 is 0.974 bits per heavy atom. The molecule has 1 aromatic heterocycles. The molecule has 3 aromatic carbocycles. The molecule has 0 aliphatic carbocycles. The first-order valence-electron chi connectivity index (χ1n) is 12.9. The number of halogens is 1. The zero-order chi connectivity index (χ0) is 26.5. The third-order valence-corrected chi connectivity index (χ3v) is 6.85. The molecule has 4 aromatic rings. The summed E-state index contributed by atoms with van der Waals surface area (Å²) in [6.45, 7) is 7.21. The van der Waals surface area contributed by atoms with E-state index in [1.54, 1.807) is 18.2 Å². The summed E-state index contributed by atoms with van der Waals surface area (Å²) in [5.41, 5.74) is 3.61. The fourth-order valence-corrected chi connectivity index (χ4v) is 4.74. The largest absolute Gasteiger partial charge is 0.494 e. The Morgan fingerprint density at radius 3 is 2.39 bits per heavy atom. The fraction of sp³-hybridized carbons (Fsp3) is 0.267. The number of nitrogens with zero attached hydrogens (tertiary/aromatic N) is 2. The number of piperazine rings is 1. The molecule has 0 saturated carbocycles. The van der Waals surface area contributed by atoms with Crippen LogP contribution in [0.4, 0.5) is 10.1 Å². The molecule has 7 nitrogen and oxygen atoms in total. The second-order valence-corrected chi connectivity index (χ2v) is 9.41. The van der Waals surface area contributed by atoms with E-state index in [0.29, 0.717) is 29.8 Å². The maximum atomic E-state index is 13.2. The van der Waals surface area contributed by atoms with Crippen LogP contribution in [0.5, 0.6) is 5.75 Å². The monoisotopic (exact) mass is 514 g/mol. The lowest BCUT2D eigenvalue weighted by molar-refractivity contribution is 0.0949. The number of hydrogen-bond acceptors (Lipinski definition) is 5. The van der Waals surface area contributed by atoms with Gasteiger partial charge in [-0.15, -0.1) is 0 Å². The lowest BCUT2D eigenvalue weighted by Gasteiger charge is -2.36. The van der Waals surface area contributed by atoms with Crippen molar-refractivity contribution in [3.63, 3.8) is 0 Å². The van der Waals surface area contributed by atoms with Crippen LogP contribution in [-0.2, 0) is 13.1 Å². The first kappa shape index (κ1) is 25.5. The second-order valence-electron chi connectivity index (χ2n) is 9.41. The number of ether oxygens (including phenoxy) is 1. The van der Waals surface area contributed by atoms with Gasteiger partial charge in [-0.05, 0) is 60.5 Å². The summed E-state index contributed by atoms with van der Waals surface area (Å²) in [5.74, 6) is -0.0369. The van der Waals surface area contributed by atoms with Gasteiger partial charge in [0.05, 0.1) is 6.61 Å². The van der Waals surface area contributed by atoms with Crippen molar-refractivity contribution in [2.24, 2.45) is 0 Å². The fourth-order valence-electron chi connectivity index (χ4n) is 4.74. The number of nitrogens with one attached hydrogen (secondary N) is 2. The number of carbonyl (C=O) groups is 1. The zero-order valence-corrected chi connectivity index (χ0v) is 21.4. The summed E-state index contributed by atoms with van der Waals surface area (Å²) in [6.07, 6.45) is 1.46. The molecule has 2 N–H and O–H groups in total. The lowest BCUT2D eigenvalue weighted by atomic mass is 10.1. The molecule has 8 heteroatoms. The van der Waals surface area contributed by atoms with E-state index in [9.17, 15) is 14.0 Å². The summed E-state index contributed by atoms with van der Waals surface area (Å²) in [4.78, 5) is 33.4. The predicted molar refractivity (Wildman–Crippen MR) is 147 cm³/mol. The maximum absolute atomic E-state index is 13.2. The zero-order valence-electron chi connectivity index (χ0n) is 21.4. The summed E-state index contributed by atoms with van der Waals surface area (Å²) in [7, 11) is 0. The van der Waals surface area contributed by atoms with E-state index in [1.165, 1.54) is 23.9 Å². The van der Waals surface area contributed by atoms with Gasteiger partial charge in [-0.1, -0.05) is 24.3 Å². The third kappa shape index (κ3) is 5.86. The molecule has 0 atom stereocenters. The standard InChI is InChI=1S/C30H31FN4O3/c1-2-38-25-11-12-28-26(17-25)29(36)27(19-32-28)30(37)33-18-21-3-5-22(6-4-21)20-34-13-15-35(16-14-34)24-9-7-23(31)8-10-24/h3-12,17,19H,2,13-16,18,20H2,1H3,(H,32,36)(H,33,37). The van der Waals surface area contributed by atoms with E-state index in [4.69, 9.17) is 4.74 Å².